The molecule has 1 aliphatic rings. The van der Waals surface area contributed by atoms with Crippen LogP contribution in [0, 0.1) is 17.8 Å². The van der Waals surface area contributed by atoms with Gasteiger partial charge < -0.3 is 9.64 Å². The molecule has 0 aromatic heterocycles. The van der Waals surface area contributed by atoms with Gasteiger partial charge >= 0.3 is 6.09 Å². The Kier molecular flexibility index (Phi) is 6.68. The average molecular weight is 356 g/mol. The van der Waals surface area contributed by atoms with Crippen LogP contribution in [0.5, 0.6) is 0 Å². The Balaban J connectivity index is 1.88. The van der Waals surface area contributed by atoms with Gasteiger partial charge in [0.15, 0.2) is 0 Å². The van der Waals surface area contributed by atoms with Crippen LogP contribution in [0.15, 0.2) is 30.3 Å². The van der Waals surface area contributed by atoms with E-state index in [4.69, 9.17) is 11.2 Å². The third kappa shape index (κ3) is 5.80. The summed E-state index contributed by atoms with van der Waals surface area (Å²) in [6.07, 6.45) is 6.50. The molecule has 2 amide bonds. The molecule has 5 heteroatoms. The summed E-state index contributed by atoms with van der Waals surface area (Å²) < 4.78 is 5.38. The Morgan fingerprint density at radius 2 is 1.92 bits per heavy atom. The van der Waals surface area contributed by atoms with Crippen LogP contribution < -0.4 is 0 Å². The summed E-state index contributed by atoms with van der Waals surface area (Å²) in [7, 11) is 0. The molecule has 0 saturated carbocycles. The predicted molar refractivity (Wildman–Crippen MR) is 101 cm³/mol. The maximum Gasteiger partial charge on any atom is 0.411 e. The Hall–Kier alpha value is -2.48. The molecule has 0 bridgehead atoms. The zero-order valence-electron chi connectivity index (χ0n) is 15.9. The number of hydrogen-bond acceptors (Lipinski definition) is 3. The van der Waals surface area contributed by atoms with Crippen LogP contribution in [-0.4, -0.2) is 47.5 Å². The van der Waals surface area contributed by atoms with Crippen molar-refractivity contribution in [1.82, 2.24) is 9.80 Å². The highest BCUT2D eigenvalue weighted by atomic mass is 16.6. The van der Waals surface area contributed by atoms with Crippen molar-refractivity contribution >= 4 is 12.0 Å². The van der Waals surface area contributed by atoms with E-state index in [-0.39, 0.29) is 17.9 Å². The molecule has 1 heterocycles. The fraction of sp³-hybridized carbons (Fsp3) is 0.524. The number of nitrogens with zero attached hydrogens (tertiary/aromatic N) is 2. The van der Waals surface area contributed by atoms with Crippen molar-refractivity contribution in [3.05, 3.63) is 35.9 Å². The second-order valence-electron chi connectivity index (χ2n) is 7.82. The van der Waals surface area contributed by atoms with E-state index in [1.807, 2.05) is 30.3 Å². The Morgan fingerprint density at radius 3 is 2.54 bits per heavy atom. The Morgan fingerprint density at radius 1 is 1.23 bits per heavy atom. The van der Waals surface area contributed by atoms with Gasteiger partial charge in [-0.2, -0.15) is 0 Å². The van der Waals surface area contributed by atoms with Gasteiger partial charge in [-0.1, -0.05) is 57.0 Å². The Labute approximate surface area is 156 Å². The van der Waals surface area contributed by atoms with Gasteiger partial charge in [0.25, 0.3) is 0 Å². The number of benzene rings is 1. The topological polar surface area (TPSA) is 49.9 Å². The average Bonchev–Trinajstić information content (AvgIpc) is 2.63. The molecule has 1 aliphatic heterocycles. The molecule has 1 atom stereocenters. The van der Waals surface area contributed by atoms with Crippen molar-refractivity contribution in [2.24, 2.45) is 5.41 Å². The molecule has 0 radical (unpaired) electrons. The van der Waals surface area contributed by atoms with Gasteiger partial charge in [0.1, 0.15) is 12.6 Å². The molecule has 1 aromatic carbocycles. The molecule has 0 spiro atoms. The van der Waals surface area contributed by atoms with Crippen molar-refractivity contribution in [3.8, 4) is 12.3 Å². The number of rotatable bonds is 4. The van der Waals surface area contributed by atoms with Crippen molar-refractivity contribution in [2.75, 3.05) is 19.6 Å². The second kappa shape index (κ2) is 8.75. The number of piperazine rings is 1. The number of ether oxygens (including phenoxy) is 1. The van der Waals surface area contributed by atoms with E-state index >= 15 is 0 Å². The normalized spacial score (nSPS) is 17.5. The van der Waals surface area contributed by atoms with Crippen LogP contribution in [0.4, 0.5) is 4.79 Å². The van der Waals surface area contributed by atoms with Crippen molar-refractivity contribution in [3.63, 3.8) is 0 Å². The van der Waals surface area contributed by atoms with Crippen LogP contribution in [0.1, 0.15) is 39.2 Å². The summed E-state index contributed by atoms with van der Waals surface area (Å²) in [5, 5.41) is 0. The third-order valence-electron chi connectivity index (χ3n) is 4.45. The standard InChI is InChI=1S/C21H28N2O3/c1-5-18-15-22(19(24)11-12-21(2,3)4)13-14-23(18)20(25)26-16-17-9-7-6-8-10-17/h1,6-10,18H,11-16H2,2-4H3. The highest BCUT2D eigenvalue weighted by Crippen LogP contribution is 2.22. The minimum atomic E-state index is -0.453. The maximum absolute atomic E-state index is 12.4. The van der Waals surface area contributed by atoms with Gasteiger partial charge in [-0.05, 0) is 17.4 Å². The largest absolute Gasteiger partial charge is 0.445 e. The van der Waals surface area contributed by atoms with Crippen LogP contribution in [-0.2, 0) is 16.1 Å². The number of hydrogen-bond donors (Lipinski definition) is 0. The lowest BCUT2D eigenvalue weighted by atomic mass is 9.90. The SMILES string of the molecule is C#CC1CN(C(=O)CCC(C)(C)C)CCN1C(=O)OCc1ccccc1. The van der Waals surface area contributed by atoms with E-state index < -0.39 is 12.1 Å². The van der Waals surface area contributed by atoms with Gasteiger partial charge in [0, 0.05) is 19.5 Å². The predicted octanol–water partition coefficient (Wildman–Crippen LogP) is 3.30. The van der Waals surface area contributed by atoms with E-state index in [0.717, 1.165) is 12.0 Å². The van der Waals surface area contributed by atoms with E-state index in [1.165, 1.54) is 4.90 Å². The zero-order chi connectivity index (χ0) is 19.2. The van der Waals surface area contributed by atoms with Gasteiger partial charge in [0.2, 0.25) is 5.91 Å². The molecule has 1 fully saturated rings. The van der Waals surface area contributed by atoms with E-state index in [0.29, 0.717) is 26.1 Å². The Bertz CT molecular complexity index is 658. The summed E-state index contributed by atoms with van der Waals surface area (Å²) in [5.41, 5.74) is 1.04. The quantitative estimate of drug-likeness (QED) is 0.778. The summed E-state index contributed by atoms with van der Waals surface area (Å²) in [4.78, 5) is 28.1. The first-order valence-electron chi connectivity index (χ1n) is 9.01. The first-order chi connectivity index (χ1) is 12.3. The fourth-order valence-corrected chi connectivity index (χ4v) is 2.81. The molecular weight excluding hydrogens is 328 g/mol. The van der Waals surface area contributed by atoms with Crippen molar-refractivity contribution < 1.29 is 14.3 Å². The molecule has 0 N–H and O–H groups in total. The lowest BCUT2D eigenvalue weighted by molar-refractivity contribution is -0.134. The maximum atomic E-state index is 12.4. The molecule has 2 rings (SSSR count). The number of amides is 2. The molecule has 1 unspecified atom stereocenters. The molecule has 1 saturated heterocycles. The lowest BCUT2D eigenvalue weighted by Gasteiger charge is -2.38. The summed E-state index contributed by atoms with van der Waals surface area (Å²) in [6.45, 7) is 7.80. The van der Waals surface area contributed by atoms with E-state index in [2.05, 4.69) is 26.7 Å². The van der Waals surface area contributed by atoms with Crippen molar-refractivity contribution in [1.29, 1.82) is 0 Å². The highest BCUT2D eigenvalue weighted by molar-refractivity contribution is 5.77. The van der Waals surface area contributed by atoms with Gasteiger partial charge in [-0.3, -0.25) is 9.69 Å². The smallest absolute Gasteiger partial charge is 0.411 e. The molecule has 5 nitrogen and oxygen atoms in total. The van der Waals surface area contributed by atoms with Crippen LogP contribution >= 0.6 is 0 Å². The lowest BCUT2D eigenvalue weighted by Crippen LogP contribution is -2.56. The minimum absolute atomic E-state index is 0.0949. The van der Waals surface area contributed by atoms with Gasteiger partial charge in [-0.25, -0.2) is 4.79 Å². The van der Waals surface area contributed by atoms with Gasteiger partial charge in [0.05, 0.1) is 6.54 Å². The number of carbonyl (C=O) groups is 2. The minimum Gasteiger partial charge on any atom is -0.445 e. The van der Waals surface area contributed by atoms with Crippen LogP contribution in [0.25, 0.3) is 0 Å². The monoisotopic (exact) mass is 356 g/mol. The molecule has 0 aliphatic carbocycles. The first-order valence-corrected chi connectivity index (χ1v) is 9.01. The number of carbonyl (C=O) groups excluding carboxylic acids is 2. The first kappa shape index (κ1) is 19.8. The highest BCUT2D eigenvalue weighted by Gasteiger charge is 2.32. The van der Waals surface area contributed by atoms with Crippen LogP contribution in [0.3, 0.4) is 0 Å². The number of terminal acetylenes is 1. The van der Waals surface area contributed by atoms with E-state index in [1.54, 1.807) is 4.90 Å². The zero-order valence-corrected chi connectivity index (χ0v) is 15.9. The third-order valence-corrected chi connectivity index (χ3v) is 4.45. The van der Waals surface area contributed by atoms with Crippen LogP contribution in [0.2, 0.25) is 0 Å². The summed E-state index contributed by atoms with van der Waals surface area (Å²) >= 11 is 0. The fourth-order valence-electron chi connectivity index (χ4n) is 2.81. The molecule has 140 valence electrons. The second-order valence-corrected chi connectivity index (χ2v) is 7.82. The van der Waals surface area contributed by atoms with Gasteiger partial charge in [-0.15, -0.1) is 6.42 Å². The van der Waals surface area contributed by atoms with Crippen molar-refractivity contribution in [2.45, 2.75) is 46.3 Å². The molecule has 26 heavy (non-hydrogen) atoms. The molecular formula is C21H28N2O3. The molecule has 1 aromatic rings. The van der Waals surface area contributed by atoms with E-state index in [9.17, 15) is 9.59 Å². The summed E-state index contributed by atoms with van der Waals surface area (Å²) in [6, 6.07) is 9.06. The summed E-state index contributed by atoms with van der Waals surface area (Å²) in [5.74, 6) is 2.72.